The SMILES string of the molecule is CCOC(=O)C1CC[NH+](Cn2nc(-c3cccnc3)oc2=S)CC1. The molecule has 0 saturated carbocycles. The van der Waals surface area contributed by atoms with Crippen LogP contribution < -0.4 is 4.90 Å². The molecule has 0 aliphatic carbocycles. The van der Waals surface area contributed by atoms with Crippen molar-refractivity contribution in [1.29, 1.82) is 0 Å². The normalized spacial score (nSPS) is 20.7. The van der Waals surface area contributed by atoms with Crippen LogP contribution >= 0.6 is 12.2 Å². The summed E-state index contributed by atoms with van der Waals surface area (Å²) in [7, 11) is 0. The van der Waals surface area contributed by atoms with Gasteiger partial charge in [-0.3, -0.25) is 9.78 Å². The van der Waals surface area contributed by atoms with Gasteiger partial charge >= 0.3 is 5.97 Å². The van der Waals surface area contributed by atoms with E-state index in [4.69, 9.17) is 21.4 Å². The molecule has 0 bridgehead atoms. The van der Waals surface area contributed by atoms with Gasteiger partial charge in [0, 0.05) is 25.2 Å². The van der Waals surface area contributed by atoms with Crippen LogP contribution in [0.25, 0.3) is 11.5 Å². The van der Waals surface area contributed by atoms with Gasteiger partial charge in [0.2, 0.25) is 5.89 Å². The number of quaternary nitrogens is 1. The van der Waals surface area contributed by atoms with E-state index in [-0.39, 0.29) is 11.9 Å². The lowest BCUT2D eigenvalue weighted by Gasteiger charge is -2.27. The fourth-order valence-corrected chi connectivity index (χ4v) is 3.09. The molecule has 0 aromatic carbocycles. The molecule has 8 heteroatoms. The summed E-state index contributed by atoms with van der Waals surface area (Å²) in [6, 6.07) is 3.72. The van der Waals surface area contributed by atoms with Crippen molar-refractivity contribution in [2.24, 2.45) is 5.92 Å². The van der Waals surface area contributed by atoms with Gasteiger partial charge in [0.15, 0.2) is 6.67 Å². The maximum Gasteiger partial charge on any atom is 0.309 e. The Kier molecular flexibility index (Phi) is 5.37. The van der Waals surface area contributed by atoms with Crippen LogP contribution in [0.15, 0.2) is 28.9 Å². The van der Waals surface area contributed by atoms with Crippen LogP contribution in [0.3, 0.4) is 0 Å². The number of aromatic nitrogens is 3. The number of nitrogens with one attached hydrogen (secondary N) is 1. The molecule has 3 rings (SSSR count). The average Bonchev–Trinajstić information content (AvgIpc) is 2.97. The Morgan fingerprint density at radius 3 is 2.96 bits per heavy atom. The molecule has 0 radical (unpaired) electrons. The molecule has 3 heterocycles. The number of piperidine rings is 1. The maximum absolute atomic E-state index is 11.8. The van der Waals surface area contributed by atoms with E-state index in [1.165, 1.54) is 4.90 Å². The lowest BCUT2D eigenvalue weighted by atomic mass is 9.97. The highest BCUT2D eigenvalue weighted by Gasteiger charge is 2.28. The number of esters is 1. The van der Waals surface area contributed by atoms with E-state index < -0.39 is 0 Å². The zero-order valence-electron chi connectivity index (χ0n) is 13.6. The molecule has 7 nitrogen and oxygen atoms in total. The Morgan fingerprint density at radius 1 is 1.50 bits per heavy atom. The number of nitrogens with zero attached hydrogens (tertiary/aromatic N) is 3. The highest BCUT2D eigenvalue weighted by atomic mass is 32.1. The zero-order chi connectivity index (χ0) is 16.9. The second-order valence-corrected chi connectivity index (χ2v) is 6.20. The highest BCUT2D eigenvalue weighted by Crippen LogP contribution is 2.16. The molecule has 1 saturated heterocycles. The molecule has 2 aromatic rings. The molecule has 24 heavy (non-hydrogen) atoms. The molecule has 0 amide bonds. The molecule has 0 atom stereocenters. The minimum atomic E-state index is -0.0755. The molecule has 0 spiro atoms. The fraction of sp³-hybridized carbons (Fsp3) is 0.500. The molecule has 2 aromatic heterocycles. The molecule has 1 fully saturated rings. The van der Waals surface area contributed by atoms with Crippen LogP contribution in [-0.4, -0.2) is 40.4 Å². The van der Waals surface area contributed by atoms with E-state index in [1.807, 2.05) is 19.1 Å². The van der Waals surface area contributed by atoms with Crippen molar-refractivity contribution in [2.75, 3.05) is 19.7 Å². The summed E-state index contributed by atoms with van der Waals surface area (Å²) in [5.74, 6) is 0.423. The summed E-state index contributed by atoms with van der Waals surface area (Å²) in [5, 5.41) is 4.45. The number of carbonyl (C=O) groups is 1. The highest BCUT2D eigenvalue weighted by molar-refractivity contribution is 7.71. The van der Waals surface area contributed by atoms with E-state index in [1.54, 1.807) is 17.1 Å². The zero-order valence-corrected chi connectivity index (χ0v) is 14.4. The van der Waals surface area contributed by atoms with Gasteiger partial charge in [-0.2, -0.15) is 4.68 Å². The Bertz CT molecular complexity index is 735. The topological polar surface area (TPSA) is 74.6 Å². The summed E-state index contributed by atoms with van der Waals surface area (Å²) in [6.45, 7) is 4.69. The molecule has 128 valence electrons. The lowest BCUT2D eigenvalue weighted by Crippen LogP contribution is -3.12. The molecular weight excluding hydrogens is 328 g/mol. The first-order valence-electron chi connectivity index (χ1n) is 8.16. The number of hydrogen-bond donors (Lipinski definition) is 1. The first kappa shape index (κ1) is 16.8. The summed E-state index contributed by atoms with van der Waals surface area (Å²) in [4.78, 5) is 17.5. The standard InChI is InChI=1S/C16H20N4O3S/c1-2-22-15(21)12-5-8-19(9-6-12)11-20-16(24)23-14(18-20)13-4-3-7-17-10-13/h3-4,7,10,12H,2,5-6,8-9,11H2,1H3/p+1. The van der Waals surface area contributed by atoms with Gasteiger partial charge in [0.05, 0.1) is 31.2 Å². The van der Waals surface area contributed by atoms with E-state index in [0.29, 0.717) is 24.0 Å². The van der Waals surface area contributed by atoms with Crippen LogP contribution in [0, 0.1) is 10.8 Å². The second-order valence-electron chi connectivity index (χ2n) is 5.85. The van der Waals surface area contributed by atoms with Crippen LogP contribution in [0.1, 0.15) is 19.8 Å². The Morgan fingerprint density at radius 2 is 2.29 bits per heavy atom. The Labute approximate surface area is 145 Å². The lowest BCUT2D eigenvalue weighted by molar-refractivity contribution is -0.929. The van der Waals surface area contributed by atoms with Gasteiger partial charge in [-0.1, -0.05) is 0 Å². The largest absolute Gasteiger partial charge is 0.466 e. The van der Waals surface area contributed by atoms with Crippen LogP contribution in [0.4, 0.5) is 0 Å². The number of pyridine rings is 1. The van der Waals surface area contributed by atoms with Gasteiger partial charge < -0.3 is 14.1 Å². The molecule has 1 N–H and O–H groups in total. The minimum Gasteiger partial charge on any atom is -0.466 e. The van der Waals surface area contributed by atoms with Crippen LogP contribution in [0.5, 0.6) is 0 Å². The van der Waals surface area contributed by atoms with Crippen molar-refractivity contribution in [3.05, 3.63) is 29.4 Å². The number of ether oxygens (including phenoxy) is 1. The molecule has 0 unspecified atom stereocenters. The van der Waals surface area contributed by atoms with Gasteiger partial charge in [-0.25, -0.2) is 0 Å². The molecular formula is C16H21N4O3S+. The third kappa shape index (κ3) is 3.88. The van der Waals surface area contributed by atoms with Gasteiger partial charge in [-0.15, -0.1) is 5.10 Å². The van der Waals surface area contributed by atoms with E-state index in [0.717, 1.165) is 31.5 Å². The van der Waals surface area contributed by atoms with Gasteiger partial charge in [-0.05, 0) is 31.3 Å². The Hall–Kier alpha value is -2.06. The first-order chi connectivity index (χ1) is 11.7. The summed E-state index contributed by atoms with van der Waals surface area (Å²) < 4.78 is 12.4. The van der Waals surface area contributed by atoms with E-state index >= 15 is 0 Å². The number of likely N-dealkylation sites (tertiary alicyclic amines) is 1. The monoisotopic (exact) mass is 349 g/mol. The maximum atomic E-state index is 11.8. The smallest absolute Gasteiger partial charge is 0.309 e. The van der Waals surface area contributed by atoms with Crippen molar-refractivity contribution in [3.63, 3.8) is 0 Å². The minimum absolute atomic E-state index is 0.0185. The number of rotatable bonds is 5. The fourth-order valence-electron chi connectivity index (χ4n) is 2.90. The van der Waals surface area contributed by atoms with Crippen molar-refractivity contribution in [1.82, 2.24) is 14.8 Å². The van der Waals surface area contributed by atoms with Crippen LogP contribution in [-0.2, 0) is 16.2 Å². The quantitative estimate of drug-likeness (QED) is 0.643. The van der Waals surface area contributed by atoms with Gasteiger partial charge in [0.25, 0.3) is 4.84 Å². The van der Waals surface area contributed by atoms with E-state index in [9.17, 15) is 4.79 Å². The first-order valence-corrected chi connectivity index (χ1v) is 8.56. The molecule has 1 aliphatic rings. The van der Waals surface area contributed by atoms with Crippen molar-refractivity contribution < 1.29 is 18.8 Å². The predicted molar refractivity (Wildman–Crippen MR) is 88.6 cm³/mol. The number of hydrogen-bond acceptors (Lipinski definition) is 6. The third-order valence-corrected chi connectivity index (χ3v) is 4.49. The van der Waals surface area contributed by atoms with Gasteiger partial charge in [0.1, 0.15) is 0 Å². The Balaban J connectivity index is 1.61. The average molecular weight is 349 g/mol. The second kappa shape index (κ2) is 7.67. The third-order valence-electron chi connectivity index (χ3n) is 4.20. The summed E-state index contributed by atoms with van der Waals surface area (Å²) >= 11 is 5.27. The molecule has 1 aliphatic heterocycles. The van der Waals surface area contributed by atoms with Crippen molar-refractivity contribution in [2.45, 2.75) is 26.4 Å². The number of carbonyl (C=O) groups excluding carboxylic acids is 1. The van der Waals surface area contributed by atoms with Crippen LogP contribution in [0.2, 0.25) is 0 Å². The summed E-state index contributed by atoms with van der Waals surface area (Å²) in [6.07, 6.45) is 5.05. The summed E-state index contributed by atoms with van der Waals surface area (Å²) in [5.41, 5.74) is 0.804. The van der Waals surface area contributed by atoms with Crippen molar-refractivity contribution >= 4 is 18.2 Å². The predicted octanol–water partition coefficient (Wildman–Crippen LogP) is 1.08. The van der Waals surface area contributed by atoms with E-state index in [2.05, 4.69) is 10.1 Å². The van der Waals surface area contributed by atoms with Crippen molar-refractivity contribution in [3.8, 4) is 11.5 Å².